The van der Waals surface area contributed by atoms with Crippen molar-refractivity contribution in [3.8, 4) is 11.3 Å². The van der Waals surface area contributed by atoms with Gasteiger partial charge in [0.25, 0.3) is 6.43 Å². The number of benzene rings is 1. The lowest BCUT2D eigenvalue weighted by Crippen LogP contribution is -2.10. The van der Waals surface area contributed by atoms with Crippen LogP contribution in [-0.2, 0) is 0 Å². The molecule has 0 atom stereocenters. The normalized spacial score (nSPS) is 12.2. The molecule has 0 fully saturated rings. The topological polar surface area (TPSA) is 26.0 Å². The van der Waals surface area contributed by atoms with Gasteiger partial charge in [0.1, 0.15) is 5.69 Å². The Labute approximate surface area is 127 Å². The molecule has 0 saturated heterocycles. The minimum Gasteiger partial charge on any atom is -0.355 e. The highest BCUT2D eigenvalue weighted by molar-refractivity contribution is 7.99. The largest absolute Gasteiger partial charge is 0.398 e. The predicted molar refractivity (Wildman–Crippen MR) is 73.1 cm³/mol. The zero-order valence-corrected chi connectivity index (χ0v) is 12.5. The first kappa shape index (κ1) is 16.8. The van der Waals surface area contributed by atoms with Crippen molar-refractivity contribution in [2.24, 2.45) is 0 Å². The van der Waals surface area contributed by atoms with Gasteiger partial charge in [-0.2, -0.15) is 13.2 Å². The van der Waals surface area contributed by atoms with E-state index in [4.69, 9.17) is 0 Å². The van der Waals surface area contributed by atoms with Gasteiger partial charge in [0.2, 0.25) is 5.76 Å². The predicted octanol–water partition coefficient (Wildman–Crippen LogP) is 5.55. The Bertz CT molecular complexity index is 666. The molecule has 0 aliphatic rings. The minimum absolute atomic E-state index is 0.182. The fourth-order valence-corrected chi connectivity index (χ4v) is 2.75. The van der Waals surface area contributed by atoms with Crippen molar-refractivity contribution >= 4 is 11.8 Å². The molecule has 1 aromatic carbocycles. The Balaban J connectivity index is 2.34. The molecule has 0 radical (unpaired) electrons. The van der Waals surface area contributed by atoms with Crippen molar-refractivity contribution in [1.82, 2.24) is 5.16 Å². The second-order valence-corrected chi connectivity index (χ2v) is 5.77. The molecule has 1 aromatic heterocycles. The molecule has 2 rings (SSSR count). The number of hydrogen-bond donors (Lipinski definition) is 0. The summed E-state index contributed by atoms with van der Waals surface area (Å²) in [6.07, 6.45) is -7.06. The van der Waals surface area contributed by atoms with Crippen LogP contribution in [-0.4, -0.2) is 17.1 Å². The highest BCUT2D eigenvalue weighted by Gasteiger charge is 2.27. The van der Waals surface area contributed by atoms with Crippen LogP contribution in [0.25, 0.3) is 11.3 Å². The van der Waals surface area contributed by atoms with Gasteiger partial charge in [0.15, 0.2) is 0 Å². The summed E-state index contributed by atoms with van der Waals surface area (Å²) >= 11 is 0.653. The van der Waals surface area contributed by atoms with Crippen LogP contribution in [0.2, 0.25) is 0 Å². The van der Waals surface area contributed by atoms with Crippen LogP contribution >= 0.6 is 11.8 Å². The third kappa shape index (κ3) is 4.00. The van der Waals surface area contributed by atoms with Crippen LogP contribution in [0.15, 0.2) is 27.6 Å². The summed E-state index contributed by atoms with van der Waals surface area (Å²) in [5, 5.41) is 3.56. The summed E-state index contributed by atoms with van der Waals surface area (Å²) in [6.45, 7) is 3.43. The van der Waals surface area contributed by atoms with E-state index in [2.05, 4.69) is 9.68 Å². The molecule has 8 heteroatoms. The van der Waals surface area contributed by atoms with Gasteiger partial charge < -0.3 is 4.52 Å². The van der Waals surface area contributed by atoms with Crippen LogP contribution in [0, 0.1) is 13.8 Å². The monoisotopic (exact) mass is 337 g/mol. The number of alkyl halides is 5. The fourth-order valence-electron chi connectivity index (χ4n) is 1.94. The molecule has 0 aliphatic carbocycles. The molecule has 2 nitrogen and oxygen atoms in total. The van der Waals surface area contributed by atoms with E-state index in [9.17, 15) is 22.0 Å². The average Bonchev–Trinajstić information content (AvgIpc) is 2.86. The molecule has 0 saturated carbocycles. The number of rotatable bonds is 4. The van der Waals surface area contributed by atoms with Crippen LogP contribution < -0.4 is 0 Å². The van der Waals surface area contributed by atoms with E-state index in [0.29, 0.717) is 27.8 Å². The van der Waals surface area contributed by atoms with Gasteiger partial charge in [-0.15, -0.1) is 11.8 Å². The average molecular weight is 337 g/mol. The molecule has 0 spiro atoms. The van der Waals surface area contributed by atoms with E-state index in [1.54, 1.807) is 19.9 Å². The summed E-state index contributed by atoms with van der Waals surface area (Å²) in [5.41, 5.74) is 2.07. The Morgan fingerprint density at radius 3 is 2.36 bits per heavy atom. The number of thioether (sulfide) groups is 1. The van der Waals surface area contributed by atoms with Gasteiger partial charge in [-0.25, -0.2) is 8.78 Å². The highest BCUT2D eigenvalue weighted by atomic mass is 32.2. The minimum atomic E-state index is -4.28. The third-order valence-corrected chi connectivity index (χ3v) is 4.16. The quantitative estimate of drug-likeness (QED) is 0.540. The summed E-state index contributed by atoms with van der Waals surface area (Å²) in [4.78, 5) is 0.430. The molecule has 0 N–H and O–H groups in total. The molecule has 0 unspecified atom stereocenters. The Hall–Kier alpha value is -1.57. The maximum Gasteiger partial charge on any atom is 0.398 e. The summed E-state index contributed by atoms with van der Waals surface area (Å²) in [5.74, 6) is -1.59. The van der Waals surface area contributed by atoms with Gasteiger partial charge in [0.05, 0.1) is 5.75 Å². The fraction of sp³-hybridized carbons (Fsp3) is 0.357. The van der Waals surface area contributed by atoms with Crippen molar-refractivity contribution in [2.45, 2.75) is 31.3 Å². The van der Waals surface area contributed by atoms with E-state index >= 15 is 0 Å². The standard InChI is InChI=1S/C14H12F5NOS/c1-7-3-8(2)12(22-6-14(17,18)19)4-9(7)10-5-11(13(15)16)21-20-10/h3-5,13H,6H2,1-2H3. The molecular weight excluding hydrogens is 325 g/mol. The van der Waals surface area contributed by atoms with Crippen molar-refractivity contribution in [2.75, 3.05) is 5.75 Å². The number of nitrogens with zero attached hydrogens (tertiary/aromatic N) is 1. The first-order valence-electron chi connectivity index (χ1n) is 6.23. The van der Waals surface area contributed by atoms with E-state index in [0.717, 1.165) is 11.6 Å². The van der Waals surface area contributed by atoms with Gasteiger partial charge >= 0.3 is 6.18 Å². The lowest BCUT2D eigenvalue weighted by molar-refractivity contribution is -0.105. The molecule has 0 aliphatic heterocycles. The third-order valence-electron chi connectivity index (χ3n) is 2.93. The van der Waals surface area contributed by atoms with Gasteiger partial charge in [-0.05, 0) is 31.0 Å². The van der Waals surface area contributed by atoms with Crippen molar-refractivity contribution in [3.05, 3.63) is 35.1 Å². The highest BCUT2D eigenvalue weighted by Crippen LogP contribution is 2.35. The van der Waals surface area contributed by atoms with Crippen LogP contribution in [0.1, 0.15) is 23.3 Å². The zero-order chi connectivity index (χ0) is 16.5. The lowest BCUT2D eigenvalue weighted by atomic mass is 10.0. The van der Waals surface area contributed by atoms with E-state index < -0.39 is 24.1 Å². The number of aromatic nitrogens is 1. The number of hydrogen-bond acceptors (Lipinski definition) is 3. The summed E-state index contributed by atoms with van der Waals surface area (Å²) in [7, 11) is 0. The molecule has 1 heterocycles. The SMILES string of the molecule is Cc1cc(C)c(-c2cc(C(F)F)on2)cc1SCC(F)(F)F. The van der Waals surface area contributed by atoms with Crippen LogP contribution in [0.3, 0.4) is 0 Å². The van der Waals surface area contributed by atoms with Crippen molar-refractivity contribution < 1.29 is 26.5 Å². The Morgan fingerprint density at radius 1 is 1.14 bits per heavy atom. The Morgan fingerprint density at radius 2 is 1.82 bits per heavy atom. The van der Waals surface area contributed by atoms with Crippen LogP contribution in [0.5, 0.6) is 0 Å². The van der Waals surface area contributed by atoms with Gasteiger partial charge in [-0.3, -0.25) is 0 Å². The summed E-state index contributed by atoms with van der Waals surface area (Å²) < 4.78 is 66.6. The second kappa shape index (κ2) is 6.28. The zero-order valence-electron chi connectivity index (χ0n) is 11.7. The number of aryl methyl sites for hydroxylation is 2. The number of halogens is 5. The Kier molecular flexibility index (Phi) is 4.79. The molecule has 0 amide bonds. The maximum atomic E-state index is 12.5. The van der Waals surface area contributed by atoms with Crippen molar-refractivity contribution in [3.63, 3.8) is 0 Å². The van der Waals surface area contributed by atoms with E-state index in [-0.39, 0.29) is 5.69 Å². The molecular formula is C14H12F5NOS. The van der Waals surface area contributed by atoms with Gasteiger partial charge in [-0.1, -0.05) is 11.2 Å². The summed E-state index contributed by atoms with van der Waals surface area (Å²) in [6, 6.07) is 4.32. The molecule has 22 heavy (non-hydrogen) atoms. The maximum absolute atomic E-state index is 12.5. The van der Waals surface area contributed by atoms with E-state index in [1.807, 2.05) is 0 Å². The lowest BCUT2D eigenvalue weighted by Gasteiger charge is -2.11. The molecule has 2 aromatic rings. The molecule has 120 valence electrons. The van der Waals surface area contributed by atoms with E-state index in [1.165, 1.54) is 6.07 Å². The van der Waals surface area contributed by atoms with Crippen LogP contribution in [0.4, 0.5) is 22.0 Å². The first-order chi connectivity index (χ1) is 10.2. The molecule has 0 bridgehead atoms. The first-order valence-corrected chi connectivity index (χ1v) is 7.22. The second-order valence-electron chi connectivity index (χ2n) is 4.75. The van der Waals surface area contributed by atoms with Crippen molar-refractivity contribution in [1.29, 1.82) is 0 Å². The van der Waals surface area contributed by atoms with Gasteiger partial charge in [0, 0.05) is 16.5 Å². The smallest absolute Gasteiger partial charge is 0.355 e.